The normalized spacial score (nSPS) is 11.7. The van der Waals surface area contributed by atoms with Gasteiger partial charge in [0.1, 0.15) is 0 Å². The van der Waals surface area contributed by atoms with E-state index in [-0.39, 0.29) is 0 Å². The zero-order chi connectivity index (χ0) is 18.2. The van der Waals surface area contributed by atoms with E-state index >= 15 is 0 Å². The summed E-state index contributed by atoms with van der Waals surface area (Å²) in [6.07, 6.45) is 15.0. The smallest absolute Gasteiger partial charge is 0.0856 e. The summed E-state index contributed by atoms with van der Waals surface area (Å²) >= 11 is 1.66. The number of rotatable bonds is 6. The van der Waals surface area contributed by atoms with Crippen molar-refractivity contribution in [3.63, 3.8) is 0 Å². The van der Waals surface area contributed by atoms with Gasteiger partial charge in [-0.2, -0.15) is 0 Å². The van der Waals surface area contributed by atoms with Gasteiger partial charge in [0.05, 0.1) is 11.4 Å². The third-order valence-electron chi connectivity index (χ3n) is 3.69. The summed E-state index contributed by atoms with van der Waals surface area (Å²) in [5.74, 6) is 0. The Morgan fingerprint density at radius 1 is 1.00 bits per heavy atom. The third-order valence-corrected chi connectivity index (χ3v) is 4.79. The van der Waals surface area contributed by atoms with E-state index in [1.165, 1.54) is 0 Å². The first-order valence-corrected chi connectivity index (χ1v) is 9.09. The van der Waals surface area contributed by atoms with Crippen LogP contribution < -0.4 is 0 Å². The zero-order valence-corrected chi connectivity index (χ0v) is 15.4. The zero-order valence-electron chi connectivity index (χ0n) is 14.5. The SMILES string of the molecule is C=C/C=C\C(=C/C)c1ncccc1Sc1cccnc1-c1cccnc1. The maximum atomic E-state index is 4.59. The molecule has 3 aromatic heterocycles. The summed E-state index contributed by atoms with van der Waals surface area (Å²) < 4.78 is 0. The van der Waals surface area contributed by atoms with Gasteiger partial charge in [0.25, 0.3) is 0 Å². The Balaban J connectivity index is 2.02. The molecule has 3 heterocycles. The first kappa shape index (κ1) is 17.8. The number of hydrogen-bond acceptors (Lipinski definition) is 4. The highest BCUT2D eigenvalue weighted by Gasteiger charge is 2.12. The summed E-state index contributed by atoms with van der Waals surface area (Å²) in [4.78, 5) is 15.5. The lowest BCUT2D eigenvalue weighted by Crippen LogP contribution is -1.92. The molecule has 0 amide bonds. The minimum absolute atomic E-state index is 0.920. The van der Waals surface area contributed by atoms with E-state index < -0.39 is 0 Å². The molecule has 0 N–H and O–H groups in total. The number of nitrogens with zero attached hydrogens (tertiary/aromatic N) is 3. The highest BCUT2D eigenvalue weighted by atomic mass is 32.2. The van der Waals surface area contributed by atoms with E-state index in [0.29, 0.717) is 0 Å². The molecule has 0 aromatic carbocycles. The van der Waals surface area contributed by atoms with Crippen molar-refractivity contribution in [2.45, 2.75) is 16.7 Å². The van der Waals surface area contributed by atoms with Gasteiger partial charge >= 0.3 is 0 Å². The minimum atomic E-state index is 0.920. The molecule has 0 atom stereocenters. The van der Waals surface area contributed by atoms with Crippen LogP contribution in [0, 0.1) is 0 Å². The topological polar surface area (TPSA) is 38.7 Å². The van der Waals surface area contributed by atoms with Crippen LogP contribution in [0.2, 0.25) is 0 Å². The van der Waals surface area contributed by atoms with Crippen molar-refractivity contribution < 1.29 is 0 Å². The summed E-state index contributed by atoms with van der Waals surface area (Å²) in [6, 6.07) is 12.0. The number of hydrogen-bond donors (Lipinski definition) is 0. The van der Waals surface area contributed by atoms with Gasteiger partial charge in [0.2, 0.25) is 0 Å². The lowest BCUT2D eigenvalue weighted by atomic mass is 10.1. The molecule has 0 spiro atoms. The Kier molecular flexibility index (Phi) is 6.12. The van der Waals surface area contributed by atoms with Crippen LogP contribution in [0.25, 0.3) is 16.8 Å². The lowest BCUT2D eigenvalue weighted by Gasteiger charge is -2.11. The van der Waals surface area contributed by atoms with Gasteiger partial charge in [-0.3, -0.25) is 15.0 Å². The molecule has 3 rings (SSSR count). The Morgan fingerprint density at radius 3 is 2.50 bits per heavy atom. The predicted octanol–water partition coefficient (Wildman–Crippen LogP) is 5.84. The number of allylic oxidation sites excluding steroid dienone is 5. The maximum absolute atomic E-state index is 4.59. The van der Waals surface area contributed by atoms with Crippen molar-refractivity contribution in [3.05, 3.63) is 97.8 Å². The Bertz CT molecular complexity index is 946. The van der Waals surface area contributed by atoms with Crippen molar-refractivity contribution in [1.29, 1.82) is 0 Å². The second kappa shape index (κ2) is 8.92. The largest absolute Gasteiger partial charge is 0.264 e. The van der Waals surface area contributed by atoms with Gasteiger partial charge in [-0.05, 0) is 48.9 Å². The van der Waals surface area contributed by atoms with Crippen molar-refractivity contribution in [2.75, 3.05) is 0 Å². The average molecular weight is 357 g/mol. The first-order chi connectivity index (χ1) is 12.8. The van der Waals surface area contributed by atoms with Gasteiger partial charge < -0.3 is 0 Å². The van der Waals surface area contributed by atoms with Crippen LogP contribution in [0.1, 0.15) is 12.6 Å². The van der Waals surface area contributed by atoms with Gasteiger partial charge in [-0.1, -0.05) is 42.6 Å². The summed E-state index contributed by atoms with van der Waals surface area (Å²) in [7, 11) is 0. The van der Waals surface area contributed by atoms with Crippen LogP contribution in [0.5, 0.6) is 0 Å². The molecular formula is C22H19N3S. The van der Waals surface area contributed by atoms with E-state index in [4.69, 9.17) is 0 Å². The van der Waals surface area contributed by atoms with Crippen molar-refractivity contribution in [1.82, 2.24) is 15.0 Å². The fourth-order valence-electron chi connectivity index (χ4n) is 2.48. The fraction of sp³-hybridized carbons (Fsp3) is 0.0455. The summed E-state index contributed by atoms with van der Waals surface area (Å²) in [6.45, 7) is 5.75. The van der Waals surface area contributed by atoms with Crippen LogP contribution in [0.3, 0.4) is 0 Å². The maximum Gasteiger partial charge on any atom is 0.0856 e. The molecule has 0 radical (unpaired) electrons. The molecule has 4 heteroatoms. The van der Waals surface area contributed by atoms with Crippen LogP contribution in [-0.4, -0.2) is 15.0 Å². The van der Waals surface area contributed by atoms with E-state index in [9.17, 15) is 0 Å². The molecule has 0 aliphatic rings. The second-order valence-electron chi connectivity index (χ2n) is 5.38. The van der Waals surface area contributed by atoms with E-state index in [1.54, 1.807) is 30.2 Å². The molecule has 0 fully saturated rings. The number of pyridine rings is 3. The monoisotopic (exact) mass is 357 g/mol. The molecule has 128 valence electrons. The van der Waals surface area contributed by atoms with Crippen molar-refractivity contribution in [3.8, 4) is 11.3 Å². The van der Waals surface area contributed by atoms with Crippen LogP contribution in [0.15, 0.2) is 102 Å². The quantitative estimate of drug-likeness (QED) is 0.520. The second-order valence-corrected chi connectivity index (χ2v) is 6.47. The van der Waals surface area contributed by atoms with Crippen molar-refractivity contribution >= 4 is 17.3 Å². The van der Waals surface area contributed by atoms with Crippen molar-refractivity contribution in [2.24, 2.45) is 0 Å². The third kappa shape index (κ3) is 4.16. The molecule has 3 aromatic rings. The molecule has 0 aliphatic heterocycles. The molecule has 0 bridgehead atoms. The Hall–Kier alpha value is -2.98. The van der Waals surface area contributed by atoms with Crippen LogP contribution in [-0.2, 0) is 0 Å². The lowest BCUT2D eigenvalue weighted by molar-refractivity contribution is 1.17. The van der Waals surface area contributed by atoms with Gasteiger partial charge in [0, 0.05) is 40.1 Å². The average Bonchev–Trinajstić information content (AvgIpc) is 2.71. The van der Waals surface area contributed by atoms with E-state index in [1.807, 2.05) is 55.7 Å². The van der Waals surface area contributed by atoms with Gasteiger partial charge in [-0.25, -0.2) is 0 Å². The molecule has 0 unspecified atom stereocenters. The number of aromatic nitrogens is 3. The molecule has 0 saturated carbocycles. The molecule has 3 nitrogen and oxygen atoms in total. The Morgan fingerprint density at radius 2 is 1.77 bits per heavy atom. The fourth-order valence-corrected chi connectivity index (χ4v) is 3.55. The standard InChI is InChI=1S/C22H19N3S/c1-3-5-9-17(4-2)21-19(11-7-14-24-21)26-20-12-8-15-25-22(20)18-10-6-13-23-16-18/h3-16H,1H2,2H3/b9-5-,17-4+. The predicted molar refractivity (Wildman–Crippen MR) is 109 cm³/mol. The molecule has 26 heavy (non-hydrogen) atoms. The highest BCUT2D eigenvalue weighted by Crippen LogP contribution is 2.37. The first-order valence-electron chi connectivity index (χ1n) is 8.27. The van der Waals surface area contributed by atoms with E-state index in [2.05, 4.69) is 39.7 Å². The highest BCUT2D eigenvalue weighted by molar-refractivity contribution is 7.99. The van der Waals surface area contributed by atoms with Gasteiger partial charge in [-0.15, -0.1) is 0 Å². The molecule has 0 aliphatic carbocycles. The van der Waals surface area contributed by atoms with E-state index in [0.717, 1.165) is 32.3 Å². The summed E-state index contributed by atoms with van der Waals surface area (Å²) in [5, 5.41) is 0. The van der Waals surface area contributed by atoms with Crippen LogP contribution >= 0.6 is 11.8 Å². The molecule has 0 saturated heterocycles. The summed E-state index contributed by atoms with van der Waals surface area (Å²) in [5.41, 5.74) is 3.92. The van der Waals surface area contributed by atoms with Gasteiger partial charge in [0.15, 0.2) is 0 Å². The minimum Gasteiger partial charge on any atom is -0.264 e. The van der Waals surface area contributed by atoms with Crippen LogP contribution in [0.4, 0.5) is 0 Å². The molecular weight excluding hydrogens is 338 g/mol. The Labute approximate surface area is 158 Å².